The number of carbonyl (C=O) groups is 1. The summed E-state index contributed by atoms with van der Waals surface area (Å²) in [5, 5.41) is 9.61. The molecule has 8 heteroatoms. The minimum absolute atomic E-state index is 0.0374. The maximum Gasteiger partial charge on any atom is 0.322 e. The second-order valence-electron chi connectivity index (χ2n) is 5.57. The van der Waals surface area contributed by atoms with Crippen molar-refractivity contribution >= 4 is 16.0 Å². The van der Waals surface area contributed by atoms with Gasteiger partial charge in [0.1, 0.15) is 17.5 Å². The molecule has 140 valence electrons. The fraction of sp³-hybridized carbons (Fsp3) is 0.278. The van der Waals surface area contributed by atoms with Crippen LogP contribution in [0.1, 0.15) is 5.56 Å². The van der Waals surface area contributed by atoms with Gasteiger partial charge >= 0.3 is 5.97 Å². The zero-order chi connectivity index (χ0) is 19.3. The molecule has 2 aromatic carbocycles. The molecule has 1 atom stereocenters. The van der Waals surface area contributed by atoms with E-state index in [1.807, 2.05) is 0 Å². The van der Waals surface area contributed by atoms with Gasteiger partial charge in [-0.25, -0.2) is 8.42 Å². The minimum Gasteiger partial charge on any atom is -0.497 e. The zero-order valence-electron chi connectivity index (χ0n) is 14.7. The molecule has 0 saturated heterocycles. The first kappa shape index (κ1) is 19.7. The Morgan fingerprint density at radius 1 is 1.12 bits per heavy atom. The molecule has 1 N–H and O–H groups in total. The van der Waals surface area contributed by atoms with Gasteiger partial charge in [-0.15, -0.1) is 0 Å². The topological polar surface area (TPSA) is 93.1 Å². The molecule has 0 aliphatic carbocycles. The number of likely N-dealkylation sites (N-methyl/N-ethyl adjacent to an activating group) is 1. The van der Waals surface area contributed by atoms with Crippen molar-refractivity contribution in [1.29, 1.82) is 0 Å². The summed E-state index contributed by atoms with van der Waals surface area (Å²) in [6.45, 7) is 0. The number of ether oxygens (including phenoxy) is 2. The van der Waals surface area contributed by atoms with Crippen LogP contribution in [-0.4, -0.2) is 51.1 Å². The van der Waals surface area contributed by atoms with E-state index in [1.165, 1.54) is 33.4 Å². The average Bonchev–Trinajstić information content (AvgIpc) is 2.65. The third kappa shape index (κ3) is 4.14. The number of hydrogen-bond acceptors (Lipinski definition) is 5. The summed E-state index contributed by atoms with van der Waals surface area (Å²) in [5.74, 6) is -0.256. The number of carboxylic acids is 1. The molecule has 0 saturated carbocycles. The van der Waals surface area contributed by atoms with Gasteiger partial charge in [0.05, 0.1) is 19.1 Å². The third-order valence-electron chi connectivity index (χ3n) is 4.05. The lowest BCUT2D eigenvalue weighted by atomic mass is 10.0. The molecule has 0 bridgehead atoms. The Kier molecular flexibility index (Phi) is 6.23. The van der Waals surface area contributed by atoms with Crippen LogP contribution in [0.5, 0.6) is 11.5 Å². The lowest BCUT2D eigenvalue weighted by Gasteiger charge is -2.25. The molecule has 0 heterocycles. The van der Waals surface area contributed by atoms with Gasteiger partial charge in [-0.3, -0.25) is 4.79 Å². The van der Waals surface area contributed by atoms with E-state index < -0.39 is 22.0 Å². The average molecular weight is 379 g/mol. The number of aliphatic carboxylic acids is 1. The second-order valence-corrected chi connectivity index (χ2v) is 7.57. The quantitative estimate of drug-likeness (QED) is 0.754. The molecular weight excluding hydrogens is 358 g/mol. The smallest absolute Gasteiger partial charge is 0.322 e. The number of methoxy groups -OCH3 is 2. The van der Waals surface area contributed by atoms with E-state index in [4.69, 9.17) is 9.47 Å². The van der Waals surface area contributed by atoms with Crippen molar-refractivity contribution in [2.24, 2.45) is 0 Å². The Hall–Kier alpha value is -2.58. The molecule has 7 nitrogen and oxygen atoms in total. The highest BCUT2D eigenvalue weighted by Crippen LogP contribution is 2.27. The molecule has 0 fully saturated rings. The van der Waals surface area contributed by atoms with Crippen LogP contribution in [-0.2, 0) is 21.2 Å². The fourth-order valence-electron chi connectivity index (χ4n) is 2.53. The van der Waals surface area contributed by atoms with E-state index >= 15 is 0 Å². The van der Waals surface area contributed by atoms with E-state index in [0.717, 1.165) is 4.31 Å². The summed E-state index contributed by atoms with van der Waals surface area (Å²) in [7, 11) is 0.278. The summed E-state index contributed by atoms with van der Waals surface area (Å²) >= 11 is 0. The lowest BCUT2D eigenvalue weighted by molar-refractivity contribution is -0.141. The highest BCUT2D eigenvalue weighted by Gasteiger charge is 2.33. The van der Waals surface area contributed by atoms with Crippen molar-refractivity contribution in [1.82, 2.24) is 4.31 Å². The van der Waals surface area contributed by atoms with Crippen LogP contribution in [0.4, 0.5) is 0 Å². The molecular formula is C18H21NO6S. The van der Waals surface area contributed by atoms with Crippen LogP contribution in [0.2, 0.25) is 0 Å². The minimum atomic E-state index is -3.95. The molecule has 26 heavy (non-hydrogen) atoms. The number of hydrogen-bond donors (Lipinski definition) is 1. The molecule has 2 rings (SSSR count). The molecule has 0 aromatic heterocycles. The van der Waals surface area contributed by atoms with E-state index in [-0.39, 0.29) is 11.3 Å². The molecule has 0 aliphatic heterocycles. The van der Waals surface area contributed by atoms with Crippen molar-refractivity contribution in [2.75, 3.05) is 21.3 Å². The SMILES string of the molecule is COc1ccc(C[C@@H](C(=O)O)N(C)S(=O)(=O)c2ccccc2)c(OC)c1. The van der Waals surface area contributed by atoms with Gasteiger partial charge < -0.3 is 14.6 Å². The zero-order valence-corrected chi connectivity index (χ0v) is 15.6. The van der Waals surface area contributed by atoms with Crippen LogP contribution in [0.25, 0.3) is 0 Å². The molecule has 0 unspecified atom stereocenters. The molecule has 0 aliphatic rings. The van der Waals surface area contributed by atoms with Gasteiger partial charge in [0.2, 0.25) is 10.0 Å². The Bertz CT molecular complexity index is 867. The Labute approximate surface area is 152 Å². The number of rotatable bonds is 8. The number of benzene rings is 2. The van der Waals surface area contributed by atoms with Gasteiger partial charge in [-0.2, -0.15) is 4.31 Å². The maximum absolute atomic E-state index is 12.7. The van der Waals surface area contributed by atoms with Crippen molar-refractivity contribution in [2.45, 2.75) is 17.4 Å². The van der Waals surface area contributed by atoms with Crippen molar-refractivity contribution in [3.8, 4) is 11.5 Å². The van der Waals surface area contributed by atoms with E-state index in [0.29, 0.717) is 17.1 Å². The van der Waals surface area contributed by atoms with Gasteiger partial charge in [-0.1, -0.05) is 24.3 Å². The predicted molar refractivity (Wildman–Crippen MR) is 96.1 cm³/mol. The fourth-order valence-corrected chi connectivity index (χ4v) is 3.86. The van der Waals surface area contributed by atoms with Gasteiger partial charge in [0, 0.05) is 19.5 Å². The molecule has 0 amide bonds. The molecule has 2 aromatic rings. The number of carboxylic acid groups (broad SMARTS) is 1. The molecule has 0 radical (unpaired) electrons. The highest BCUT2D eigenvalue weighted by atomic mass is 32.2. The third-order valence-corrected chi connectivity index (χ3v) is 5.93. The van der Waals surface area contributed by atoms with E-state index in [1.54, 1.807) is 36.4 Å². The largest absolute Gasteiger partial charge is 0.497 e. The van der Waals surface area contributed by atoms with Crippen LogP contribution in [0.15, 0.2) is 53.4 Å². The van der Waals surface area contributed by atoms with Crippen LogP contribution < -0.4 is 9.47 Å². The van der Waals surface area contributed by atoms with Gasteiger partial charge in [0.25, 0.3) is 0 Å². The standard InChI is InChI=1S/C18H21NO6S/c1-19(26(22,23)15-7-5-4-6-8-15)16(18(20)21)11-13-9-10-14(24-2)12-17(13)25-3/h4-10,12,16H,11H2,1-3H3,(H,20,21)/t16-/m0/s1. The molecule has 0 spiro atoms. The first-order chi connectivity index (χ1) is 12.3. The highest BCUT2D eigenvalue weighted by molar-refractivity contribution is 7.89. The van der Waals surface area contributed by atoms with E-state index in [9.17, 15) is 18.3 Å². The second kappa shape index (κ2) is 8.20. The summed E-state index contributed by atoms with van der Waals surface area (Å²) < 4.78 is 36.7. The Balaban J connectivity index is 2.37. The van der Waals surface area contributed by atoms with Crippen LogP contribution >= 0.6 is 0 Å². The number of sulfonamides is 1. The van der Waals surface area contributed by atoms with E-state index in [2.05, 4.69) is 0 Å². The van der Waals surface area contributed by atoms with Crippen LogP contribution in [0.3, 0.4) is 0 Å². The van der Waals surface area contributed by atoms with Crippen molar-refractivity contribution in [3.63, 3.8) is 0 Å². The predicted octanol–water partition coefficient (Wildman–Crippen LogP) is 2.02. The summed E-state index contributed by atoms with van der Waals surface area (Å²) in [6, 6.07) is 11.4. The monoisotopic (exact) mass is 379 g/mol. The number of nitrogens with zero attached hydrogens (tertiary/aromatic N) is 1. The first-order valence-corrected chi connectivity index (χ1v) is 9.22. The first-order valence-electron chi connectivity index (χ1n) is 7.78. The van der Waals surface area contributed by atoms with Crippen LogP contribution in [0, 0.1) is 0 Å². The van der Waals surface area contributed by atoms with Crippen molar-refractivity contribution < 1.29 is 27.8 Å². The maximum atomic E-state index is 12.7. The normalized spacial score (nSPS) is 12.6. The summed E-state index contributed by atoms with van der Waals surface area (Å²) in [4.78, 5) is 11.8. The summed E-state index contributed by atoms with van der Waals surface area (Å²) in [6.07, 6.45) is -0.0505. The summed E-state index contributed by atoms with van der Waals surface area (Å²) in [5.41, 5.74) is 0.566. The Morgan fingerprint density at radius 2 is 1.77 bits per heavy atom. The van der Waals surface area contributed by atoms with Gasteiger partial charge in [-0.05, 0) is 23.8 Å². The van der Waals surface area contributed by atoms with Gasteiger partial charge in [0.15, 0.2) is 0 Å². The van der Waals surface area contributed by atoms with Crippen molar-refractivity contribution in [3.05, 3.63) is 54.1 Å². The lowest BCUT2D eigenvalue weighted by Crippen LogP contribution is -2.43. The Morgan fingerprint density at radius 3 is 2.31 bits per heavy atom.